The van der Waals surface area contributed by atoms with Crippen LogP contribution in [0.5, 0.6) is 0 Å². The van der Waals surface area contributed by atoms with E-state index in [1.54, 1.807) is 48.5 Å². The summed E-state index contributed by atoms with van der Waals surface area (Å²) in [5.41, 5.74) is 5.80. The highest BCUT2D eigenvalue weighted by molar-refractivity contribution is 7.90. The number of hydrogen-bond acceptors (Lipinski definition) is 5. The number of halogens is 2. The van der Waals surface area contributed by atoms with E-state index in [1.807, 2.05) is 65.4 Å². The average molecular weight is 618 g/mol. The van der Waals surface area contributed by atoms with Crippen molar-refractivity contribution in [3.63, 3.8) is 0 Å². The van der Waals surface area contributed by atoms with Crippen LogP contribution in [0.2, 0.25) is 10.0 Å². The molecular weight excluding hydrogens is 591 g/mol. The maximum Gasteiger partial charge on any atom is 0.337 e. The molecule has 9 heteroatoms. The van der Waals surface area contributed by atoms with E-state index in [9.17, 15) is 13.2 Å². The second-order valence-corrected chi connectivity index (χ2v) is 12.5. The van der Waals surface area contributed by atoms with Gasteiger partial charge in [0, 0.05) is 29.6 Å². The van der Waals surface area contributed by atoms with Gasteiger partial charge in [0.1, 0.15) is 5.82 Å². The number of hydrogen-bond donors (Lipinski definition) is 0. The molecule has 5 rings (SSSR count). The number of nitrogens with zero attached hydrogens (tertiary/aromatic N) is 2. The summed E-state index contributed by atoms with van der Waals surface area (Å²) in [4.78, 5) is 17.0. The fourth-order valence-electron chi connectivity index (χ4n) is 4.43. The van der Waals surface area contributed by atoms with Gasteiger partial charge in [-0.25, -0.2) is 18.2 Å². The number of ether oxygens (including phenoxy) is 1. The van der Waals surface area contributed by atoms with Crippen LogP contribution in [0.1, 0.15) is 27.3 Å². The van der Waals surface area contributed by atoms with E-state index in [2.05, 4.69) is 0 Å². The normalized spacial score (nSPS) is 11.6. The molecule has 5 aromatic rings. The van der Waals surface area contributed by atoms with Crippen LogP contribution in [0.15, 0.2) is 102 Å². The van der Waals surface area contributed by atoms with Gasteiger partial charge in [-0.05, 0) is 70.8 Å². The smallest absolute Gasteiger partial charge is 0.337 e. The molecule has 1 heterocycles. The van der Waals surface area contributed by atoms with Gasteiger partial charge in [0.05, 0.1) is 28.3 Å². The lowest BCUT2D eigenvalue weighted by molar-refractivity contribution is 0.0600. The Labute approximate surface area is 254 Å². The van der Waals surface area contributed by atoms with Crippen molar-refractivity contribution in [2.75, 3.05) is 13.4 Å². The quantitative estimate of drug-likeness (QED) is 0.165. The third kappa shape index (κ3) is 6.82. The number of sulfone groups is 1. The van der Waals surface area contributed by atoms with Gasteiger partial charge in [0.25, 0.3) is 0 Å². The molecule has 6 nitrogen and oxygen atoms in total. The Kier molecular flexibility index (Phi) is 8.64. The molecule has 1 aromatic heterocycles. The van der Waals surface area contributed by atoms with Crippen molar-refractivity contribution in [3.05, 3.63) is 130 Å². The van der Waals surface area contributed by atoms with Crippen LogP contribution in [0.4, 0.5) is 0 Å². The monoisotopic (exact) mass is 616 g/mol. The minimum atomic E-state index is -3.24. The van der Waals surface area contributed by atoms with Gasteiger partial charge < -0.3 is 9.30 Å². The summed E-state index contributed by atoms with van der Waals surface area (Å²) in [5.74, 6) is 0.331. The molecule has 42 heavy (non-hydrogen) atoms. The summed E-state index contributed by atoms with van der Waals surface area (Å²) in [6.07, 6.45) is 7.05. The van der Waals surface area contributed by atoms with Crippen molar-refractivity contribution in [1.29, 1.82) is 0 Å². The molecular formula is C33H26Cl2N2O4S. The maximum atomic E-state index is 11.8. The van der Waals surface area contributed by atoms with Crippen molar-refractivity contribution in [3.8, 4) is 22.4 Å². The molecule has 0 bridgehead atoms. The topological polar surface area (TPSA) is 78.3 Å². The van der Waals surface area contributed by atoms with Gasteiger partial charge >= 0.3 is 5.97 Å². The molecule has 0 unspecified atom stereocenters. The number of benzene rings is 4. The van der Waals surface area contributed by atoms with Crippen LogP contribution in [0, 0.1) is 0 Å². The third-order valence-corrected chi connectivity index (χ3v) is 8.37. The highest BCUT2D eigenvalue weighted by Gasteiger charge is 2.13. The first-order valence-corrected chi connectivity index (χ1v) is 15.5. The van der Waals surface area contributed by atoms with E-state index in [1.165, 1.54) is 13.4 Å². The molecule has 0 aliphatic carbocycles. The SMILES string of the molecule is COC(=O)c1ccc(Cn2cc(-c3ccc(Cl)cc3Cl)nc2C=Cc2ccc(-c3ccc(S(C)(=O)=O)cc3)cc2)cc1. The van der Waals surface area contributed by atoms with E-state index in [-0.39, 0.29) is 5.97 Å². The number of rotatable bonds is 8. The van der Waals surface area contributed by atoms with Crippen LogP contribution in [0.3, 0.4) is 0 Å². The zero-order valence-electron chi connectivity index (χ0n) is 22.8. The molecule has 0 atom stereocenters. The van der Waals surface area contributed by atoms with Crippen LogP contribution in [-0.2, 0) is 21.1 Å². The summed E-state index contributed by atoms with van der Waals surface area (Å²) in [6, 6.07) is 27.4. The van der Waals surface area contributed by atoms with Crippen LogP contribution in [0.25, 0.3) is 34.5 Å². The molecule has 4 aromatic carbocycles. The fourth-order valence-corrected chi connectivity index (χ4v) is 5.57. The molecule has 0 fully saturated rings. The van der Waals surface area contributed by atoms with Crippen molar-refractivity contribution < 1.29 is 17.9 Å². The summed E-state index contributed by atoms with van der Waals surface area (Å²) < 4.78 is 30.3. The lowest BCUT2D eigenvalue weighted by Gasteiger charge is -2.07. The van der Waals surface area contributed by atoms with Gasteiger partial charge in [0.15, 0.2) is 9.84 Å². The number of methoxy groups -OCH3 is 1. The van der Waals surface area contributed by atoms with Gasteiger partial charge in [-0.2, -0.15) is 0 Å². The van der Waals surface area contributed by atoms with E-state index >= 15 is 0 Å². The lowest BCUT2D eigenvalue weighted by atomic mass is 10.0. The number of carbonyl (C=O) groups is 1. The van der Waals surface area contributed by atoms with Crippen LogP contribution >= 0.6 is 23.2 Å². The second kappa shape index (κ2) is 12.4. The van der Waals surface area contributed by atoms with E-state index in [0.717, 1.165) is 27.8 Å². The van der Waals surface area contributed by atoms with Crippen molar-refractivity contribution >= 4 is 51.2 Å². The predicted molar refractivity (Wildman–Crippen MR) is 168 cm³/mol. The summed E-state index contributed by atoms with van der Waals surface area (Å²) in [5, 5.41) is 1.05. The predicted octanol–water partition coefficient (Wildman–Crippen LogP) is 7.93. The minimum Gasteiger partial charge on any atom is -0.465 e. The Morgan fingerprint density at radius 2 is 1.52 bits per heavy atom. The minimum absolute atomic E-state index is 0.292. The van der Waals surface area contributed by atoms with Gasteiger partial charge in [-0.15, -0.1) is 0 Å². The molecule has 212 valence electrons. The first-order chi connectivity index (χ1) is 20.1. The molecule has 0 aliphatic heterocycles. The number of imidazole rings is 1. The Hall–Kier alpha value is -4.17. The maximum absolute atomic E-state index is 11.8. The van der Waals surface area contributed by atoms with Crippen molar-refractivity contribution in [2.45, 2.75) is 11.4 Å². The first-order valence-electron chi connectivity index (χ1n) is 12.9. The van der Waals surface area contributed by atoms with Gasteiger partial charge in [0.2, 0.25) is 0 Å². The summed E-state index contributed by atoms with van der Waals surface area (Å²) in [7, 11) is -1.89. The first kappa shape index (κ1) is 29.3. The fraction of sp³-hybridized carbons (Fsp3) is 0.0909. The van der Waals surface area contributed by atoms with E-state index in [4.69, 9.17) is 32.9 Å². The lowest BCUT2D eigenvalue weighted by Crippen LogP contribution is -2.03. The molecule has 0 amide bonds. The standard InChI is InChI=1S/C33H26Cl2N2O4S/c1-41-33(38)26-10-5-23(6-11-26)20-37-21-31(29-17-14-27(34)19-30(29)35)36-32(37)18-7-22-3-8-24(9-4-22)25-12-15-28(16-13-25)42(2,39)40/h3-19,21H,20H2,1-2H3. The molecule has 0 radical (unpaired) electrons. The number of carbonyl (C=O) groups excluding carboxylic acids is 1. The highest BCUT2D eigenvalue weighted by Crippen LogP contribution is 2.30. The Morgan fingerprint density at radius 3 is 2.12 bits per heavy atom. The third-order valence-electron chi connectivity index (χ3n) is 6.69. The number of esters is 1. The molecule has 0 saturated heterocycles. The van der Waals surface area contributed by atoms with Crippen molar-refractivity contribution in [1.82, 2.24) is 9.55 Å². The average Bonchev–Trinajstić information content (AvgIpc) is 3.37. The zero-order valence-corrected chi connectivity index (χ0v) is 25.1. The van der Waals surface area contributed by atoms with Crippen LogP contribution in [-0.4, -0.2) is 37.3 Å². The molecule has 0 spiro atoms. The van der Waals surface area contributed by atoms with E-state index in [0.29, 0.717) is 38.6 Å². The molecule has 0 N–H and O–H groups in total. The summed E-state index contributed by atoms with van der Waals surface area (Å²) in [6.45, 7) is 0.516. The Morgan fingerprint density at radius 1 is 0.881 bits per heavy atom. The number of aromatic nitrogens is 2. The molecule has 0 aliphatic rings. The zero-order chi connectivity index (χ0) is 29.9. The van der Waals surface area contributed by atoms with Crippen LogP contribution < -0.4 is 0 Å². The van der Waals surface area contributed by atoms with Crippen molar-refractivity contribution in [2.24, 2.45) is 0 Å². The highest BCUT2D eigenvalue weighted by atomic mass is 35.5. The Bertz CT molecular complexity index is 1880. The Balaban J connectivity index is 1.42. The van der Waals surface area contributed by atoms with E-state index < -0.39 is 9.84 Å². The second-order valence-electron chi connectivity index (χ2n) is 9.68. The molecule has 0 saturated carbocycles. The summed E-state index contributed by atoms with van der Waals surface area (Å²) >= 11 is 12.6. The van der Waals surface area contributed by atoms with Gasteiger partial charge in [-0.3, -0.25) is 0 Å². The van der Waals surface area contributed by atoms with Gasteiger partial charge in [-0.1, -0.05) is 77.8 Å². The largest absolute Gasteiger partial charge is 0.465 e.